The summed E-state index contributed by atoms with van der Waals surface area (Å²) in [6.45, 7) is 9.90. The Morgan fingerprint density at radius 1 is 1.37 bits per heavy atom. The Kier molecular flexibility index (Phi) is 4.37. The number of halogens is 1. The van der Waals surface area contributed by atoms with Crippen molar-refractivity contribution in [1.29, 1.82) is 0 Å². The van der Waals surface area contributed by atoms with E-state index in [1.807, 2.05) is 0 Å². The van der Waals surface area contributed by atoms with E-state index in [0.717, 1.165) is 24.5 Å². The van der Waals surface area contributed by atoms with Crippen molar-refractivity contribution in [2.75, 3.05) is 31.2 Å². The van der Waals surface area contributed by atoms with Crippen LogP contribution in [-0.2, 0) is 11.3 Å². The van der Waals surface area contributed by atoms with Gasteiger partial charge in [0.25, 0.3) is 0 Å². The van der Waals surface area contributed by atoms with Crippen molar-refractivity contribution in [3.8, 4) is 0 Å². The van der Waals surface area contributed by atoms with E-state index in [-0.39, 0.29) is 11.4 Å². The van der Waals surface area contributed by atoms with Crippen LogP contribution in [-0.4, -0.2) is 36.8 Å². The molecule has 0 radical (unpaired) electrons. The van der Waals surface area contributed by atoms with Crippen molar-refractivity contribution < 1.29 is 9.13 Å². The molecule has 0 spiro atoms. The van der Waals surface area contributed by atoms with E-state index in [4.69, 9.17) is 4.74 Å². The number of hydrogen-bond donors (Lipinski definition) is 1. The minimum atomic E-state index is -0.289. The lowest BCUT2D eigenvalue weighted by Gasteiger charge is -2.30. The van der Waals surface area contributed by atoms with Crippen LogP contribution in [0.1, 0.15) is 26.3 Å². The first-order valence-electron chi connectivity index (χ1n) is 6.68. The highest BCUT2D eigenvalue weighted by Crippen LogP contribution is 2.20. The summed E-state index contributed by atoms with van der Waals surface area (Å²) < 4.78 is 18.7. The van der Waals surface area contributed by atoms with Gasteiger partial charge in [0, 0.05) is 30.7 Å². The molecule has 0 amide bonds. The minimum Gasteiger partial charge on any atom is -0.378 e. The Morgan fingerprint density at radius 2 is 2.05 bits per heavy atom. The lowest BCUT2D eigenvalue weighted by atomic mass is 10.1. The number of pyridine rings is 1. The van der Waals surface area contributed by atoms with Crippen LogP contribution in [0.4, 0.5) is 10.2 Å². The summed E-state index contributed by atoms with van der Waals surface area (Å²) in [6, 6.07) is 1.57. The van der Waals surface area contributed by atoms with E-state index in [1.165, 1.54) is 6.20 Å². The normalized spacial score (nSPS) is 16.7. The maximum Gasteiger partial charge on any atom is 0.141 e. The standard InChI is InChI=1S/C14H22FN3O/c1-14(2,3)17-9-11-8-12(15)10-16-13(11)18-4-6-19-7-5-18/h8,10,17H,4-7,9H2,1-3H3. The van der Waals surface area contributed by atoms with E-state index in [1.54, 1.807) is 6.07 Å². The van der Waals surface area contributed by atoms with Gasteiger partial charge in [0.05, 0.1) is 19.4 Å². The predicted molar refractivity (Wildman–Crippen MR) is 73.8 cm³/mol. The summed E-state index contributed by atoms with van der Waals surface area (Å²) >= 11 is 0. The molecule has 1 saturated heterocycles. The van der Waals surface area contributed by atoms with Gasteiger partial charge >= 0.3 is 0 Å². The third-order valence-corrected chi connectivity index (χ3v) is 3.03. The first-order chi connectivity index (χ1) is 8.96. The van der Waals surface area contributed by atoms with Crippen LogP contribution < -0.4 is 10.2 Å². The quantitative estimate of drug-likeness (QED) is 0.908. The van der Waals surface area contributed by atoms with E-state index >= 15 is 0 Å². The van der Waals surface area contributed by atoms with Gasteiger partial charge < -0.3 is 15.0 Å². The largest absolute Gasteiger partial charge is 0.378 e. The molecular weight excluding hydrogens is 245 g/mol. The number of aromatic nitrogens is 1. The molecule has 1 aliphatic heterocycles. The molecule has 0 bridgehead atoms. The van der Waals surface area contributed by atoms with Crippen LogP contribution in [0, 0.1) is 5.82 Å². The molecule has 0 atom stereocenters. The van der Waals surface area contributed by atoms with Gasteiger partial charge in [0.1, 0.15) is 11.6 Å². The Morgan fingerprint density at radius 3 is 2.68 bits per heavy atom. The van der Waals surface area contributed by atoms with Crippen LogP contribution in [0.25, 0.3) is 0 Å². The molecule has 2 rings (SSSR count). The monoisotopic (exact) mass is 267 g/mol. The molecule has 1 aliphatic rings. The van der Waals surface area contributed by atoms with Crippen molar-refractivity contribution in [3.63, 3.8) is 0 Å². The molecule has 19 heavy (non-hydrogen) atoms. The van der Waals surface area contributed by atoms with E-state index in [2.05, 4.69) is 36.0 Å². The number of morpholine rings is 1. The highest BCUT2D eigenvalue weighted by Gasteiger charge is 2.18. The topological polar surface area (TPSA) is 37.4 Å². The zero-order chi connectivity index (χ0) is 13.9. The molecule has 106 valence electrons. The fourth-order valence-corrected chi connectivity index (χ4v) is 2.02. The second kappa shape index (κ2) is 5.84. The summed E-state index contributed by atoms with van der Waals surface area (Å²) in [5.74, 6) is 0.573. The Balaban J connectivity index is 2.17. The molecule has 5 heteroatoms. The number of ether oxygens (including phenoxy) is 1. The third kappa shape index (κ3) is 4.14. The minimum absolute atomic E-state index is 0.00536. The van der Waals surface area contributed by atoms with E-state index < -0.39 is 0 Å². The van der Waals surface area contributed by atoms with Gasteiger partial charge in [0.15, 0.2) is 0 Å². The molecular formula is C14H22FN3O. The van der Waals surface area contributed by atoms with Gasteiger partial charge in [0.2, 0.25) is 0 Å². The molecule has 1 aromatic heterocycles. The average molecular weight is 267 g/mol. The number of nitrogens with one attached hydrogen (secondary N) is 1. The van der Waals surface area contributed by atoms with Gasteiger partial charge in [-0.3, -0.25) is 0 Å². The average Bonchev–Trinajstić information content (AvgIpc) is 2.37. The number of anilines is 1. The molecule has 1 fully saturated rings. The molecule has 1 N–H and O–H groups in total. The summed E-state index contributed by atoms with van der Waals surface area (Å²) in [6.07, 6.45) is 1.28. The van der Waals surface area contributed by atoms with Gasteiger partial charge in [-0.25, -0.2) is 9.37 Å². The first-order valence-corrected chi connectivity index (χ1v) is 6.68. The van der Waals surface area contributed by atoms with Crippen molar-refractivity contribution in [2.45, 2.75) is 32.9 Å². The SMILES string of the molecule is CC(C)(C)NCc1cc(F)cnc1N1CCOCC1. The molecule has 0 unspecified atom stereocenters. The molecule has 0 aliphatic carbocycles. The summed E-state index contributed by atoms with van der Waals surface area (Å²) in [5.41, 5.74) is 0.894. The number of nitrogens with zero attached hydrogens (tertiary/aromatic N) is 2. The Labute approximate surface area is 114 Å². The molecule has 4 nitrogen and oxygen atoms in total. The van der Waals surface area contributed by atoms with Crippen LogP contribution in [0.2, 0.25) is 0 Å². The maximum absolute atomic E-state index is 13.4. The Bertz CT molecular complexity index is 425. The maximum atomic E-state index is 13.4. The van der Waals surface area contributed by atoms with Crippen molar-refractivity contribution in [2.24, 2.45) is 0 Å². The first kappa shape index (κ1) is 14.2. The van der Waals surface area contributed by atoms with E-state index in [0.29, 0.717) is 19.8 Å². The number of hydrogen-bond acceptors (Lipinski definition) is 4. The third-order valence-electron chi connectivity index (χ3n) is 3.03. The van der Waals surface area contributed by atoms with Gasteiger partial charge in [-0.05, 0) is 26.8 Å². The lowest BCUT2D eigenvalue weighted by Crippen LogP contribution is -2.39. The van der Waals surface area contributed by atoms with Gasteiger partial charge in [-0.1, -0.05) is 0 Å². The molecule has 0 aromatic carbocycles. The highest BCUT2D eigenvalue weighted by molar-refractivity contribution is 5.47. The Hall–Kier alpha value is -1.20. The molecule has 2 heterocycles. The number of rotatable bonds is 3. The zero-order valence-electron chi connectivity index (χ0n) is 11.9. The fraction of sp³-hybridized carbons (Fsp3) is 0.643. The van der Waals surface area contributed by atoms with Crippen LogP contribution >= 0.6 is 0 Å². The second-order valence-corrected chi connectivity index (χ2v) is 5.84. The van der Waals surface area contributed by atoms with Crippen LogP contribution in [0.5, 0.6) is 0 Å². The smallest absolute Gasteiger partial charge is 0.141 e. The summed E-state index contributed by atoms with van der Waals surface area (Å²) in [7, 11) is 0. The van der Waals surface area contributed by atoms with Crippen molar-refractivity contribution in [1.82, 2.24) is 10.3 Å². The second-order valence-electron chi connectivity index (χ2n) is 5.84. The molecule has 1 aromatic rings. The molecule has 0 saturated carbocycles. The highest BCUT2D eigenvalue weighted by atomic mass is 19.1. The van der Waals surface area contributed by atoms with Crippen LogP contribution in [0.15, 0.2) is 12.3 Å². The van der Waals surface area contributed by atoms with Crippen molar-refractivity contribution >= 4 is 5.82 Å². The van der Waals surface area contributed by atoms with Gasteiger partial charge in [-0.15, -0.1) is 0 Å². The summed E-state index contributed by atoms with van der Waals surface area (Å²) in [5, 5.41) is 3.38. The van der Waals surface area contributed by atoms with Crippen molar-refractivity contribution in [3.05, 3.63) is 23.6 Å². The summed E-state index contributed by atoms with van der Waals surface area (Å²) in [4.78, 5) is 6.41. The predicted octanol–water partition coefficient (Wildman–Crippen LogP) is 1.95. The van der Waals surface area contributed by atoms with Gasteiger partial charge in [-0.2, -0.15) is 0 Å². The fourth-order valence-electron chi connectivity index (χ4n) is 2.02. The van der Waals surface area contributed by atoms with E-state index in [9.17, 15) is 4.39 Å². The van der Waals surface area contributed by atoms with Crippen LogP contribution in [0.3, 0.4) is 0 Å². The lowest BCUT2D eigenvalue weighted by molar-refractivity contribution is 0.122. The zero-order valence-corrected chi connectivity index (χ0v) is 11.9.